The molecule has 4 rings (SSSR count). The molecule has 0 saturated carbocycles. The molecular formula is C20H19N3O5S. The van der Waals surface area contributed by atoms with Gasteiger partial charge >= 0.3 is 0 Å². The summed E-state index contributed by atoms with van der Waals surface area (Å²) in [5.74, 6) is -1.41. The minimum atomic E-state index is -4.07. The number of piperidine rings is 1. The number of sulfonamides is 1. The molecule has 2 aliphatic rings. The van der Waals surface area contributed by atoms with Crippen LogP contribution < -0.4 is 10.0 Å². The number of likely N-dealkylation sites (tertiary alicyclic amines) is 1. The molecule has 0 aromatic heterocycles. The van der Waals surface area contributed by atoms with Gasteiger partial charge in [-0.1, -0.05) is 12.1 Å². The molecule has 1 saturated heterocycles. The number of nitrogens with zero attached hydrogens (tertiary/aromatic N) is 1. The summed E-state index contributed by atoms with van der Waals surface area (Å²) in [6.45, 7) is 1.29. The van der Waals surface area contributed by atoms with Crippen LogP contribution >= 0.6 is 0 Å². The second-order valence-corrected chi connectivity index (χ2v) is 8.68. The molecule has 150 valence electrons. The smallest absolute Gasteiger partial charge is 0.261 e. The SMILES string of the molecule is O=C1NC(=O)c2cc(S(=O)(=O)Nc3ccccc3C(=O)N3CCCCC3)ccc21. The maximum atomic E-state index is 12.9. The highest BCUT2D eigenvalue weighted by Crippen LogP contribution is 2.25. The van der Waals surface area contributed by atoms with Gasteiger partial charge in [-0.25, -0.2) is 8.42 Å². The Labute approximate surface area is 168 Å². The van der Waals surface area contributed by atoms with Crippen LogP contribution in [0.1, 0.15) is 50.3 Å². The number of amides is 3. The van der Waals surface area contributed by atoms with Gasteiger partial charge in [-0.05, 0) is 49.6 Å². The molecule has 0 unspecified atom stereocenters. The minimum Gasteiger partial charge on any atom is -0.339 e. The van der Waals surface area contributed by atoms with Gasteiger partial charge in [-0.2, -0.15) is 0 Å². The van der Waals surface area contributed by atoms with E-state index in [2.05, 4.69) is 10.0 Å². The Morgan fingerprint density at radius 3 is 2.38 bits per heavy atom. The van der Waals surface area contributed by atoms with Crippen molar-refractivity contribution in [3.63, 3.8) is 0 Å². The van der Waals surface area contributed by atoms with Crippen molar-refractivity contribution in [2.75, 3.05) is 17.8 Å². The third kappa shape index (κ3) is 3.61. The first-order chi connectivity index (χ1) is 13.9. The van der Waals surface area contributed by atoms with E-state index in [1.165, 1.54) is 18.2 Å². The fraction of sp³-hybridized carbons (Fsp3) is 0.250. The third-order valence-corrected chi connectivity index (χ3v) is 6.43. The van der Waals surface area contributed by atoms with Gasteiger partial charge in [0.1, 0.15) is 0 Å². The number of para-hydroxylation sites is 1. The van der Waals surface area contributed by atoms with Crippen molar-refractivity contribution in [2.45, 2.75) is 24.2 Å². The number of hydrogen-bond acceptors (Lipinski definition) is 5. The summed E-state index contributed by atoms with van der Waals surface area (Å²) in [7, 11) is -4.07. The zero-order chi connectivity index (χ0) is 20.6. The van der Waals surface area contributed by atoms with E-state index in [-0.39, 0.29) is 33.2 Å². The highest BCUT2D eigenvalue weighted by atomic mass is 32.2. The second kappa shape index (κ2) is 7.32. The van der Waals surface area contributed by atoms with Gasteiger partial charge in [0.05, 0.1) is 27.3 Å². The van der Waals surface area contributed by atoms with Crippen LogP contribution in [-0.2, 0) is 10.0 Å². The molecule has 8 nitrogen and oxygen atoms in total. The lowest BCUT2D eigenvalue weighted by atomic mass is 10.1. The molecule has 2 N–H and O–H groups in total. The van der Waals surface area contributed by atoms with Crippen LogP contribution in [0.2, 0.25) is 0 Å². The fourth-order valence-corrected chi connectivity index (χ4v) is 4.65. The molecule has 3 amide bonds. The molecule has 9 heteroatoms. The van der Waals surface area contributed by atoms with Gasteiger partial charge in [-0.15, -0.1) is 0 Å². The number of benzene rings is 2. The van der Waals surface area contributed by atoms with Gasteiger partial charge in [0.15, 0.2) is 0 Å². The fourth-order valence-electron chi connectivity index (χ4n) is 3.54. The minimum absolute atomic E-state index is 0.00977. The highest BCUT2D eigenvalue weighted by Gasteiger charge is 2.29. The van der Waals surface area contributed by atoms with Crippen molar-refractivity contribution >= 4 is 33.4 Å². The Morgan fingerprint density at radius 2 is 1.62 bits per heavy atom. The number of nitrogens with one attached hydrogen (secondary N) is 2. The van der Waals surface area contributed by atoms with E-state index in [0.29, 0.717) is 13.1 Å². The quantitative estimate of drug-likeness (QED) is 0.745. The summed E-state index contributed by atoms with van der Waals surface area (Å²) in [6.07, 6.45) is 2.93. The Bertz CT molecular complexity index is 1120. The molecule has 29 heavy (non-hydrogen) atoms. The summed E-state index contributed by atoms with van der Waals surface area (Å²) < 4.78 is 28.2. The third-order valence-electron chi connectivity index (χ3n) is 5.06. The zero-order valence-electron chi connectivity index (χ0n) is 15.5. The lowest BCUT2D eigenvalue weighted by Crippen LogP contribution is -2.36. The van der Waals surface area contributed by atoms with Gasteiger partial charge < -0.3 is 4.90 Å². The van der Waals surface area contributed by atoms with Gasteiger partial charge in [0, 0.05) is 13.1 Å². The molecule has 0 bridgehead atoms. The molecule has 0 spiro atoms. The predicted octanol–water partition coefficient (Wildman–Crippen LogP) is 2.00. The van der Waals surface area contributed by atoms with E-state index >= 15 is 0 Å². The standard InChI is InChI=1S/C20H19N3O5S/c24-18-14-9-8-13(12-16(14)19(25)21-18)29(27,28)22-17-7-3-2-6-15(17)20(26)23-10-4-1-5-11-23/h2-3,6-9,12,22H,1,4-5,10-11H2,(H,21,24,25). The number of imide groups is 1. The maximum absolute atomic E-state index is 12.9. The summed E-state index contributed by atoms with van der Waals surface area (Å²) in [5.41, 5.74) is 0.585. The first kappa shape index (κ1) is 19.1. The number of fused-ring (bicyclic) bond motifs is 1. The summed E-state index contributed by atoms with van der Waals surface area (Å²) in [6, 6.07) is 10.2. The number of carbonyl (C=O) groups is 3. The van der Waals surface area contributed by atoms with Crippen molar-refractivity contribution in [1.29, 1.82) is 0 Å². The van der Waals surface area contributed by atoms with Crippen molar-refractivity contribution in [1.82, 2.24) is 10.2 Å². The van der Waals surface area contributed by atoms with E-state index in [1.54, 1.807) is 23.1 Å². The first-order valence-corrected chi connectivity index (χ1v) is 10.8. The first-order valence-electron chi connectivity index (χ1n) is 9.28. The summed E-state index contributed by atoms with van der Waals surface area (Å²) in [5, 5.41) is 2.13. The van der Waals surface area contributed by atoms with Crippen LogP contribution in [0.15, 0.2) is 47.4 Å². The Hall–Kier alpha value is -3.20. The average Bonchev–Trinajstić information content (AvgIpc) is 3.01. The second-order valence-electron chi connectivity index (χ2n) is 6.99. The number of anilines is 1. The van der Waals surface area contributed by atoms with Gasteiger partial charge in [-0.3, -0.25) is 24.4 Å². The van der Waals surface area contributed by atoms with Crippen molar-refractivity contribution in [3.8, 4) is 0 Å². The van der Waals surface area contributed by atoms with E-state index in [9.17, 15) is 22.8 Å². The average molecular weight is 413 g/mol. The van der Waals surface area contributed by atoms with E-state index in [1.807, 2.05) is 0 Å². The number of rotatable bonds is 4. The Kier molecular flexibility index (Phi) is 4.83. The van der Waals surface area contributed by atoms with Crippen molar-refractivity contribution in [3.05, 3.63) is 59.2 Å². The molecule has 0 aliphatic carbocycles. The van der Waals surface area contributed by atoms with Crippen LogP contribution in [0.3, 0.4) is 0 Å². The lowest BCUT2D eigenvalue weighted by Gasteiger charge is -2.27. The summed E-state index contributed by atoms with van der Waals surface area (Å²) in [4.78, 5) is 37.9. The predicted molar refractivity (Wildman–Crippen MR) is 105 cm³/mol. The molecule has 0 atom stereocenters. The summed E-state index contributed by atoms with van der Waals surface area (Å²) >= 11 is 0. The van der Waals surface area contributed by atoms with E-state index in [4.69, 9.17) is 0 Å². The molecule has 0 radical (unpaired) electrons. The Morgan fingerprint density at radius 1 is 0.931 bits per heavy atom. The molecule has 2 heterocycles. The topological polar surface area (TPSA) is 113 Å². The highest BCUT2D eigenvalue weighted by molar-refractivity contribution is 7.92. The van der Waals surface area contributed by atoms with Crippen LogP contribution in [0.5, 0.6) is 0 Å². The van der Waals surface area contributed by atoms with Crippen molar-refractivity contribution in [2.24, 2.45) is 0 Å². The van der Waals surface area contributed by atoms with Crippen LogP contribution in [0.4, 0.5) is 5.69 Å². The monoisotopic (exact) mass is 413 g/mol. The molecule has 2 aromatic rings. The van der Waals surface area contributed by atoms with Crippen LogP contribution in [0, 0.1) is 0 Å². The van der Waals surface area contributed by atoms with Crippen LogP contribution in [-0.4, -0.2) is 44.1 Å². The van der Waals surface area contributed by atoms with Gasteiger partial charge in [0.2, 0.25) is 0 Å². The van der Waals surface area contributed by atoms with Crippen LogP contribution in [0.25, 0.3) is 0 Å². The molecule has 1 fully saturated rings. The van der Waals surface area contributed by atoms with Gasteiger partial charge in [0.25, 0.3) is 27.7 Å². The lowest BCUT2D eigenvalue weighted by molar-refractivity contribution is 0.0724. The largest absolute Gasteiger partial charge is 0.339 e. The van der Waals surface area contributed by atoms with Crippen molar-refractivity contribution < 1.29 is 22.8 Å². The number of carbonyl (C=O) groups excluding carboxylic acids is 3. The maximum Gasteiger partial charge on any atom is 0.261 e. The Balaban J connectivity index is 1.64. The molecule has 2 aliphatic heterocycles. The van der Waals surface area contributed by atoms with E-state index in [0.717, 1.165) is 25.3 Å². The molecule has 2 aromatic carbocycles. The number of hydrogen-bond donors (Lipinski definition) is 2. The molecular weight excluding hydrogens is 394 g/mol. The van der Waals surface area contributed by atoms with E-state index < -0.39 is 21.8 Å². The zero-order valence-corrected chi connectivity index (χ0v) is 16.3. The normalized spacial score (nSPS) is 16.3.